The second kappa shape index (κ2) is 8.34. The fourth-order valence-electron chi connectivity index (χ4n) is 4.22. The predicted octanol–water partition coefficient (Wildman–Crippen LogP) is 0.886. The molecular formula is C19H25N5O5S2. The second-order valence-corrected chi connectivity index (χ2v) is 10.8. The third-order valence-electron chi connectivity index (χ3n) is 5.68. The lowest BCUT2D eigenvalue weighted by molar-refractivity contribution is -0.117. The van der Waals surface area contributed by atoms with Gasteiger partial charge in [0.1, 0.15) is 15.6 Å². The molecule has 0 radical (unpaired) electrons. The van der Waals surface area contributed by atoms with Gasteiger partial charge in [0.05, 0.1) is 12.1 Å². The minimum atomic E-state index is -3.69. The Morgan fingerprint density at radius 2 is 1.90 bits per heavy atom. The quantitative estimate of drug-likeness (QED) is 0.643. The van der Waals surface area contributed by atoms with Crippen LogP contribution in [0.3, 0.4) is 0 Å². The van der Waals surface area contributed by atoms with Crippen LogP contribution in [0, 0.1) is 13.8 Å². The topological polar surface area (TPSA) is 139 Å². The number of hydrogen-bond donors (Lipinski definition) is 2. The van der Waals surface area contributed by atoms with Gasteiger partial charge in [0, 0.05) is 31.1 Å². The van der Waals surface area contributed by atoms with Crippen molar-refractivity contribution in [1.29, 1.82) is 0 Å². The summed E-state index contributed by atoms with van der Waals surface area (Å²) >= 11 is 1.42. The number of primary amides is 1. The first kappa shape index (κ1) is 21.9. The monoisotopic (exact) mass is 467 g/mol. The van der Waals surface area contributed by atoms with E-state index in [0.29, 0.717) is 29.3 Å². The summed E-state index contributed by atoms with van der Waals surface area (Å²) in [5.41, 5.74) is 7.28. The first-order valence-electron chi connectivity index (χ1n) is 10.1. The molecule has 0 unspecified atom stereocenters. The summed E-state index contributed by atoms with van der Waals surface area (Å²) in [6.45, 7) is 4.65. The number of fused-ring (bicyclic) bond motifs is 1. The average Bonchev–Trinajstić information content (AvgIpc) is 3.36. The van der Waals surface area contributed by atoms with Crippen molar-refractivity contribution in [3.05, 3.63) is 27.5 Å². The van der Waals surface area contributed by atoms with Gasteiger partial charge in [-0.2, -0.15) is 4.31 Å². The van der Waals surface area contributed by atoms with E-state index in [1.165, 1.54) is 15.6 Å². The summed E-state index contributed by atoms with van der Waals surface area (Å²) in [6, 6.07) is 0. The normalized spacial score (nSPS) is 17.6. The number of amides is 2. The average molecular weight is 468 g/mol. The number of carbonyl (C=O) groups excluding carboxylic acids is 2. The molecule has 1 aliphatic carbocycles. The summed E-state index contributed by atoms with van der Waals surface area (Å²) in [5.74, 6) is -0.496. The second-order valence-electron chi connectivity index (χ2n) is 7.81. The molecule has 0 atom stereocenters. The van der Waals surface area contributed by atoms with Crippen LogP contribution >= 0.6 is 11.3 Å². The number of nitrogens with one attached hydrogen (secondary N) is 1. The highest BCUT2D eigenvalue weighted by molar-refractivity contribution is 7.89. The van der Waals surface area contributed by atoms with E-state index in [-0.39, 0.29) is 36.2 Å². The Labute approximate surface area is 184 Å². The molecule has 2 aliphatic rings. The van der Waals surface area contributed by atoms with E-state index in [1.54, 1.807) is 13.8 Å². The van der Waals surface area contributed by atoms with Crippen LogP contribution in [0.15, 0.2) is 9.42 Å². The molecule has 1 aliphatic heterocycles. The van der Waals surface area contributed by atoms with Gasteiger partial charge in [0.2, 0.25) is 15.9 Å². The van der Waals surface area contributed by atoms with Gasteiger partial charge in [-0.25, -0.2) is 8.42 Å². The number of rotatable bonds is 6. The molecule has 1 saturated heterocycles. The fraction of sp³-hybridized carbons (Fsp3) is 0.526. The van der Waals surface area contributed by atoms with Crippen LogP contribution in [0.5, 0.6) is 0 Å². The van der Waals surface area contributed by atoms with Crippen molar-refractivity contribution in [3.63, 3.8) is 0 Å². The number of anilines is 1. The van der Waals surface area contributed by atoms with Crippen molar-refractivity contribution < 1.29 is 22.5 Å². The highest BCUT2D eigenvalue weighted by Gasteiger charge is 2.34. The van der Waals surface area contributed by atoms with Gasteiger partial charge in [-0.1, -0.05) is 5.16 Å². The maximum atomic E-state index is 12.9. The highest BCUT2D eigenvalue weighted by Crippen LogP contribution is 2.38. The van der Waals surface area contributed by atoms with Gasteiger partial charge in [-0.3, -0.25) is 14.5 Å². The molecule has 31 heavy (non-hydrogen) atoms. The number of piperazine rings is 1. The summed E-state index contributed by atoms with van der Waals surface area (Å²) in [6.07, 6.45) is 2.70. The Morgan fingerprint density at radius 1 is 1.19 bits per heavy atom. The number of nitrogens with two attached hydrogens (primary N) is 1. The van der Waals surface area contributed by atoms with Crippen LogP contribution in [-0.2, 0) is 27.7 Å². The Bertz CT molecular complexity index is 1110. The molecule has 2 aromatic heterocycles. The number of nitrogens with zero attached hydrogens (tertiary/aromatic N) is 3. The summed E-state index contributed by atoms with van der Waals surface area (Å²) in [5, 5.41) is 7.08. The zero-order chi connectivity index (χ0) is 22.3. The molecule has 10 nitrogen and oxygen atoms in total. The fourth-order valence-corrected chi connectivity index (χ4v) is 7.25. The maximum Gasteiger partial charge on any atom is 0.251 e. The van der Waals surface area contributed by atoms with Crippen LogP contribution in [0.25, 0.3) is 0 Å². The molecule has 3 heterocycles. The van der Waals surface area contributed by atoms with E-state index in [0.717, 1.165) is 29.7 Å². The van der Waals surface area contributed by atoms with Gasteiger partial charge in [-0.15, -0.1) is 11.3 Å². The Hall–Kier alpha value is -2.28. The van der Waals surface area contributed by atoms with E-state index in [1.807, 2.05) is 4.90 Å². The summed E-state index contributed by atoms with van der Waals surface area (Å²) < 4.78 is 32.2. The molecule has 0 spiro atoms. The Balaban J connectivity index is 1.37. The number of thiophene rings is 1. The minimum Gasteiger partial charge on any atom is -0.365 e. The first-order chi connectivity index (χ1) is 14.7. The van der Waals surface area contributed by atoms with Crippen molar-refractivity contribution in [3.8, 4) is 0 Å². The molecule has 12 heteroatoms. The molecule has 0 saturated carbocycles. The third-order valence-corrected chi connectivity index (χ3v) is 9.04. The molecule has 2 aromatic rings. The predicted molar refractivity (Wildman–Crippen MR) is 115 cm³/mol. The number of hydrogen-bond acceptors (Lipinski definition) is 8. The number of sulfonamides is 1. The van der Waals surface area contributed by atoms with Crippen molar-refractivity contribution in [2.45, 2.75) is 38.0 Å². The lowest BCUT2D eigenvalue weighted by Gasteiger charge is -2.33. The Morgan fingerprint density at radius 3 is 2.52 bits per heavy atom. The van der Waals surface area contributed by atoms with E-state index in [9.17, 15) is 18.0 Å². The molecule has 168 valence electrons. The van der Waals surface area contributed by atoms with E-state index < -0.39 is 15.9 Å². The maximum absolute atomic E-state index is 12.9. The zero-order valence-corrected chi connectivity index (χ0v) is 19.1. The molecule has 0 aromatic carbocycles. The van der Waals surface area contributed by atoms with Crippen LogP contribution in [-0.4, -0.2) is 67.3 Å². The summed E-state index contributed by atoms with van der Waals surface area (Å²) in [7, 11) is -3.69. The molecule has 4 rings (SSSR count). The van der Waals surface area contributed by atoms with E-state index in [2.05, 4.69) is 10.5 Å². The van der Waals surface area contributed by atoms with Gasteiger partial charge in [0.25, 0.3) is 5.91 Å². The molecule has 3 N–H and O–H groups in total. The smallest absolute Gasteiger partial charge is 0.251 e. The lowest BCUT2D eigenvalue weighted by Crippen LogP contribution is -2.50. The SMILES string of the molecule is Cc1noc(C)c1S(=O)(=O)N1CCN(CC(=O)Nc2sc3c(c2C(N)=O)CCC3)CC1. The number of carbonyl (C=O) groups is 2. The number of aryl methyl sites for hydroxylation is 3. The molecule has 2 amide bonds. The minimum absolute atomic E-state index is 0.111. The van der Waals surface area contributed by atoms with Gasteiger partial charge in [-0.05, 0) is 38.7 Å². The molecule has 0 bridgehead atoms. The van der Waals surface area contributed by atoms with Crippen LogP contribution in [0.4, 0.5) is 5.00 Å². The van der Waals surface area contributed by atoms with Crippen molar-refractivity contribution in [2.75, 3.05) is 38.0 Å². The van der Waals surface area contributed by atoms with Crippen LogP contribution in [0.2, 0.25) is 0 Å². The number of aromatic nitrogens is 1. The van der Waals surface area contributed by atoms with Gasteiger partial charge < -0.3 is 15.6 Å². The molecular weight excluding hydrogens is 442 g/mol. The highest BCUT2D eigenvalue weighted by atomic mass is 32.2. The first-order valence-corrected chi connectivity index (χ1v) is 12.3. The molecule has 1 fully saturated rings. The van der Waals surface area contributed by atoms with Crippen molar-refractivity contribution >= 4 is 38.2 Å². The van der Waals surface area contributed by atoms with E-state index in [4.69, 9.17) is 10.3 Å². The van der Waals surface area contributed by atoms with E-state index >= 15 is 0 Å². The summed E-state index contributed by atoms with van der Waals surface area (Å²) in [4.78, 5) is 27.6. The zero-order valence-electron chi connectivity index (χ0n) is 17.4. The standard InChI is InChI=1S/C19H25N5O5S2/c1-11-17(12(2)29-22-11)31(27,28)24-8-6-23(7-9-24)10-15(25)21-19-16(18(20)26)13-4-3-5-14(13)30-19/h3-10H2,1-2H3,(H2,20,26)(H,21,25). The van der Waals surface area contributed by atoms with Crippen molar-refractivity contribution in [2.24, 2.45) is 5.73 Å². The van der Waals surface area contributed by atoms with Crippen LogP contribution < -0.4 is 11.1 Å². The lowest BCUT2D eigenvalue weighted by atomic mass is 10.1. The third kappa shape index (κ3) is 4.12. The Kier molecular flexibility index (Phi) is 5.90. The largest absolute Gasteiger partial charge is 0.365 e. The van der Waals surface area contributed by atoms with Gasteiger partial charge >= 0.3 is 0 Å². The van der Waals surface area contributed by atoms with Crippen molar-refractivity contribution in [1.82, 2.24) is 14.4 Å². The van der Waals surface area contributed by atoms with Crippen LogP contribution in [0.1, 0.15) is 38.7 Å². The van der Waals surface area contributed by atoms with Gasteiger partial charge in [0.15, 0.2) is 5.76 Å².